The lowest BCUT2D eigenvalue weighted by atomic mass is 10.0. The van der Waals surface area contributed by atoms with Crippen LogP contribution in [0.4, 0.5) is 5.82 Å². The molecule has 0 aromatic carbocycles. The van der Waals surface area contributed by atoms with Crippen LogP contribution >= 0.6 is 11.6 Å². The molecule has 3 saturated carbocycles. The molecule has 1 N–H and O–H groups in total. The molecular weight excluding hydrogens is 262 g/mol. The monoisotopic (exact) mass is 277 g/mol. The topological polar surface area (TPSA) is 54.9 Å². The molecule has 1 heterocycles. The number of aldehydes is 1. The van der Waals surface area contributed by atoms with E-state index in [0.717, 1.165) is 30.0 Å². The average Bonchev–Trinajstić information content (AvgIpc) is 2.78. The van der Waals surface area contributed by atoms with E-state index in [1.54, 1.807) is 6.92 Å². The minimum absolute atomic E-state index is 0.249. The highest BCUT2D eigenvalue weighted by Gasteiger charge is 2.65. The summed E-state index contributed by atoms with van der Waals surface area (Å²) in [5.74, 6) is 4.61. The van der Waals surface area contributed by atoms with Gasteiger partial charge < -0.3 is 5.32 Å². The molecule has 1 aromatic rings. The predicted octanol–water partition coefficient (Wildman–Crippen LogP) is 2.71. The molecule has 4 rings (SSSR count). The standard InChI is InChI=1S/C14H16ClN3O/c1-6-16-13(15)9(5-19)14(17-6)18-12-10-7-2-3-8(4-7)11(10)12/h5,7-8,10-12H,2-4H2,1H3,(H,16,17,18). The van der Waals surface area contributed by atoms with Crippen LogP contribution in [0.3, 0.4) is 0 Å². The molecule has 0 amide bonds. The van der Waals surface area contributed by atoms with Crippen molar-refractivity contribution in [1.82, 2.24) is 9.97 Å². The summed E-state index contributed by atoms with van der Waals surface area (Å²) in [4.78, 5) is 19.5. The summed E-state index contributed by atoms with van der Waals surface area (Å²) >= 11 is 6.01. The molecule has 3 fully saturated rings. The first-order valence-corrected chi connectivity index (χ1v) is 7.32. The highest BCUT2D eigenvalue weighted by Crippen LogP contribution is 2.66. The summed E-state index contributed by atoms with van der Waals surface area (Å²) in [6.07, 6.45) is 4.93. The number of aromatic nitrogens is 2. The zero-order valence-electron chi connectivity index (χ0n) is 10.8. The Balaban J connectivity index is 1.60. The van der Waals surface area contributed by atoms with Crippen LogP contribution < -0.4 is 5.32 Å². The largest absolute Gasteiger partial charge is 0.366 e. The molecule has 0 spiro atoms. The molecule has 0 aliphatic heterocycles. The molecule has 1 aromatic heterocycles. The van der Waals surface area contributed by atoms with E-state index >= 15 is 0 Å². The molecule has 0 saturated heterocycles. The van der Waals surface area contributed by atoms with Crippen LogP contribution in [0.5, 0.6) is 0 Å². The average molecular weight is 278 g/mol. The molecule has 3 aliphatic rings. The summed E-state index contributed by atoms with van der Waals surface area (Å²) in [5, 5.41) is 3.70. The number of nitrogens with one attached hydrogen (secondary N) is 1. The van der Waals surface area contributed by atoms with E-state index in [4.69, 9.17) is 11.6 Å². The Morgan fingerprint density at radius 2 is 1.95 bits per heavy atom. The van der Waals surface area contributed by atoms with Gasteiger partial charge in [0.05, 0.1) is 5.56 Å². The van der Waals surface area contributed by atoms with E-state index in [-0.39, 0.29) is 5.15 Å². The highest BCUT2D eigenvalue weighted by molar-refractivity contribution is 6.32. The Hall–Kier alpha value is -1.16. The molecule has 0 radical (unpaired) electrons. The molecule has 19 heavy (non-hydrogen) atoms. The van der Waals surface area contributed by atoms with Gasteiger partial charge in [0.1, 0.15) is 16.8 Å². The number of hydrogen-bond acceptors (Lipinski definition) is 4. The Bertz CT molecular complexity index is 546. The maximum absolute atomic E-state index is 11.1. The van der Waals surface area contributed by atoms with Crippen molar-refractivity contribution in [2.45, 2.75) is 32.2 Å². The molecule has 4 unspecified atom stereocenters. The Morgan fingerprint density at radius 1 is 1.26 bits per heavy atom. The van der Waals surface area contributed by atoms with Gasteiger partial charge in [-0.05, 0) is 49.9 Å². The summed E-state index contributed by atoms with van der Waals surface area (Å²) in [6.45, 7) is 1.79. The Labute approximate surface area is 117 Å². The van der Waals surface area contributed by atoms with Gasteiger partial charge in [0, 0.05) is 6.04 Å². The van der Waals surface area contributed by atoms with Crippen molar-refractivity contribution >= 4 is 23.7 Å². The predicted molar refractivity (Wildman–Crippen MR) is 72.4 cm³/mol. The van der Waals surface area contributed by atoms with E-state index in [2.05, 4.69) is 15.3 Å². The van der Waals surface area contributed by atoms with Crippen molar-refractivity contribution in [2.24, 2.45) is 23.7 Å². The number of halogens is 1. The SMILES string of the molecule is Cc1nc(Cl)c(C=O)c(NC2C3C4CCC(C4)C23)n1. The number of carbonyl (C=O) groups is 1. The van der Waals surface area contributed by atoms with Gasteiger partial charge in [0.15, 0.2) is 6.29 Å². The first-order valence-electron chi connectivity index (χ1n) is 6.95. The number of rotatable bonds is 3. The Kier molecular flexibility index (Phi) is 2.40. The van der Waals surface area contributed by atoms with Gasteiger partial charge in [0.25, 0.3) is 0 Å². The molecule has 3 aliphatic carbocycles. The first-order chi connectivity index (χ1) is 9.19. The lowest BCUT2D eigenvalue weighted by Gasteiger charge is -2.13. The smallest absolute Gasteiger partial charge is 0.156 e. The van der Waals surface area contributed by atoms with E-state index in [0.29, 0.717) is 23.2 Å². The summed E-state index contributed by atoms with van der Waals surface area (Å²) in [7, 11) is 0. The fourth-order valence-electron chi connectivity index (χ4n) is 4.44. The summed E-state index contributed by atoms with van der Waals surface area (Å²) in [6, 6.07) is 0.496. The number of nitrogens with zero attached hydrogens (tertiary/aromatic N) is 2. The van der Waals surface area contributed by atoms with Crippen molar-refractivity contribution < 1.29 is 4.79 Å². The second kappa shape index (κ2) is 3.92. The maximum Gasteiger partial charge on any atom is 0.156 e. The van der Waals surface area contributed by atoms with Gasteiger partial charge in [-0.15, -0.1) is 0 Å². The van der Waals surface area contributed by atoms with Gasteiger partial charge in [-0.2, -0.15) is 0 Å². The van der Waals surface area contributed by atoms with Crippen LogP contribution in [0.1, 0.15) is 35.4 Å². The van der Waals surface area contributed by atoms with Crippen LogP contribution in [-0.4, -0.2) is 22.3 Å². The van der Waals surface area contributed by atoms with Crippen molar-refractivity contribution in [3.05, 3.63) is 16.5 Å². The quantitative estimate of drug-likeness (QED) is 0.682. The number of aryl methyl sites for hydroxylation is 1. The van der Waals surface area contributed by atoms with E-state index < -0.39 is 0 Å². The van der Waals surface area contributed by atoms with Crippen LogP contribution in [0.2, 0.25) is 5.15 Å². The zero-order valence-corrected chi connectivity index (χ0v) is 11.5. The third kappa shape index (κ3) is 1.62. The Morgan fingerprint density at radius 3 is 2.58 bits per heavy atom. The van der Waals surface area contributed by atoms with Crippen molar-refractivity contribution in [3.8, 4) is 0 Å². The second-order valence-corrected chi connectivity index (χ2v) is 6.46. The third-order valence-electron chi connectivity index (χ3n) is 5.17. The summed E-state index contributed by atoms with van der Waals surface area (Å²) in [5.41, 5.74) is 0.393. The molecule has 5 heteroatoms. The van der Waals surface area contributed by atoms with Crippen molar-refractivity contribution in [1.29, 1.82) is 0 Å². The summed E-state index contributed by atoms with van der Waals surface area (Å²) < 4.78 is 0. The van der Waals surface area contributed by atoms with Gasteiger partial charge >= 0.3 is 0 Å². The lowest BCUT2D eigenvalue weighted by Crippen LogP contribution is -2.16. The fraction of sp³-hybridized carbons (Fsp3) is 0.643. The van der Waals surface area contributed by atoms with Gasteiger partial charge in [-0.3, -0.25) is 4.79 Å². The van der Waals surface area contributed by atoms with Crippen LogP contribution in [0.15, 0.2) is 0 Å². The second-order valence-electron chi connectivity index (χ2n) is 6.10. The first kappa shape index (κ1) is 11.6. The van der Waals surface area contributed by atoms with Gasteiger partial charge in [-0.25, -0.2) is 9.97 Å². The number of anilines is 1. The molecule has 4 atom stereocenters. The molecule has 100 valence electrons. The van der Waals surface area contributed by atoms with Gasteiger partial charge in [0.2, 0.25) is 0 Å². The van der Waals surface area contributed by atoms with Gasteiger partial charge in [-0.1, -0.05) is 11.6 Å². The zero-order chi connectivity index (χ0) is 13.1. The van der Waals surface area contributed by atoms with Crippen molar-refractivity contribution in [2.75, 3.05) is 5.32 Å². The maximum atomic E-state index is 11.1. The van der Waals surface area contributed by atoms with E-state index in [1.165, 1.54) is 19.3 Å². The van der Waals surface area contributed by atoms with E-state index in [9.17, 15) is 4.79 Å². The molecular formula is C14H16ClN3O. The molecule has 4 nitrogen and oxygen atoms in total. The third-order valence-corrected chi connectivity index (χ3v) is 5.46. The normalized spacial score (nSPS) is 38.1. The number of carbonyl (C=O) groups excluding carboxylic acids is 1. The van der Waals surface area contributed by atoms with Crippen LogP contribution in [-0.2, 0) is 0 Å². The minimum atomic E-state index is 0.249. The van der Waals surface area contributed by atoms with Crippen LogP contribution in [0.25, 0.3) is 0 Å². The minimum Gasteiger partial charge on any atom is -0.366 e. The molecule has 2 bridgehead atoms. The van der Waals surface area contributed by atoms with Crippen molar-refractivity contribution in [3.63, 3.8) is 0 Å². The lowest BCUT2D eigenvalue weighted by molar-refractivity contribution is 0.112. The fourth-order valence-corrected chi connectivity index (χ4v) is 4.69. The number of fused-ring (bicyclic) bond motifs is 5. The number of hydrogen-bond donors (Lipinski definition) is 1. The van der Waals surface area contributed by atoms with Crippen LogP contribution in [0, 0.1) is 30.6 Å². The van der Waals surface area contributed by atoms with E-state index in [1.807, 2.05) is 0 Å². The highest BCUT2D eigenvalue weighted by atomic mass is 35.5.